The first-order chi connectivity index (χ1) is 14.1. The van der Waals surface area contributed by atoms with E-state index in [0.29, 0.717) is 18.2 Å². The molecule has 1 fully saturated rings. The molecular formula is C23H21F2N3O. The molecule has 1 saturated carbocycles. The Bertz CT molecular complexity index is 1080. The maximum absolute atomic E-state index is 14.4. The number of hydrogen-bond acceptors (Lipinski definition) is 2. The third kappa shape index (κ3) is 3.12. The molecule has 1 amide bonds. The van der Waals surface area contributed by atoms with Crippen molar-refractivity contribution >= 4 is 5.91 Å². The van der Waals surface area contributed by atoms with E-state index in [1.54, 1.807) is 0 Å². The summed E-state index contributed by atoms with van der Waals surface area (Å²) in [6.07, 6.45) is 3.75. The molecule has 0 radical (unpaired) electrons. The van der Waals surface area contributed by atoms with Crippen LogP contribution in [0, 0.1) is 11.6 Å². The molecule has 0 saturated heterocycles. The lowest BCUT2D eigenvalue weighted by molar-refractivity contribution is 0.0947. The zero-order valence-corrected chi connectivity index (χ0v) is 15.9. The average molecular weight is 393 g/mol. The van der Waals surface area contributed by atoms with Gasteiger partial charge in [0.05, 0.1) is 5.69 Å². The first-order valence-corrected chi connectivity index (χ1v) is 10.0. The van der Waals surface area contributed by atoms with Crippen LogP contribution in [0.25, 0.3) is 5.69 Å². The minimum Gasteiger partial charge on any atom is -0.350 e. The van der Waals surface area contributed by atoms with Gasteiger partial charge in [0.2, 0.25) is 0 Å². The standard InChI is InChI=1S/C23H21F2N3O/c24-17-8-9-19(18(25)13-17)28-22-16-7-6-15(12-16)20(22)21(27-28)23(29)26-11-10-14-4-2-1-3-5-14/h1-5,8-9,13,15-16H,6-7,10-12H2,(H,26,29)/t15?,16-/m1/s1. The Hall–Kier alpha value is -3.02. The van der Waals surface area contributed by atoms with Crippen molar-refractivity contribution in [2.45, 2.75) is 37.5 Å². The van der Waals surface area contributed by atoms with Crippen LogP contribution in [0.4, 0.5) is 8.78 Å². The molecule has 1 unspecified atom stereocenters. The van der Waals surface area contributed by atoms with Crippen molar-refractivity contribution in [2.24, 2.45) is 0 Å². The van der Waals surface area contributed by atoms with Crippen LogP contribution in [0.1, 0.15) is 58.4 Å². The van der Waals surface area contributed by atoms with Crippen molar-refractivity contribution in [3.05, 3.63) is 82.7 Å². The van der Waals surface area contributed by atoms with Gasteiger partial charge in [-0.05, 0) is 49.3 Å². The van der Waals surface area contributed by atoms with Gasteiger partial charge in [-0.3, -0.25) is 4.79 Å². The predicted octanol–water partition coefficient (Wildman–Crippen LogP) is 4.49. The maximum atomic E-state index is 14.4. The van der Waals surface area contributed by atoms with E-state index in [-0.39, 0.29) is 17.5 Å². The van der Waals surface area contributed by atoms with Crippen LogP contribution in [0.15, 0.2) is 48.5 Å². The van der Waals surface area contributed by atoms with E-state index in [9.17, 15) is 13.6 Å². The number of hydrogen-bond donors (Lipinski definition) is 1. The lowest BCUT2D eigenvalue weighted by atomic mass is 9.95. The van der Waals surface area contributed by atoms with Gasteiger partial charge in [0, 0.05) is 24.1 Å². The summed E-state index contributed by atoms with van der Waals surface area (Å²) in [7, 11) is 0. The van der Waals surface area contributed by atoms with Gasteiger partial charge in [0.15, 0.2) is 11.5 Å². The number of halogens is 2. The number of carbonyl (C=O) groups excluding carboxylic acids is 1. The molecule has 4 nitrogen and oxygen atoms in total. The van der Waals surface area contributed by atoms with Crippen LogP contribution in [0.5, 0.6) is 0 Å². The molecule has 0 spiro atoms. The Morgan fingerprint density at radius 2 is 1.90 bits per heavy atom. The van der Waals surface area contributed by atoms with Crippen LogP contribution in [0.3, 0.4) is 0 Å². The first kappa shape index (κ1) is 18.0. The van der Waals surface area contributed by atoms with Gasteiger partial charge in [-0.15, -0.1) is 0 Å². The van der Waals surface area contributed by atoms with E-state index in [1.165, 1.54) is 16.8 Å². The zero-order chi connectivity index (χ0) is 20.0. The molecule has 2 aliphatic rings. The first-order valence-electron chi connectivity index (χ1n) is 10.0. The molecule has 1 aromatic heterocycles. The van der Waals surface area contributed by atoms with Gasteiger partial charge in [-0.2, -0.15) is 5.10 Å². The van der Waals surface area contributed by atoms with Crippen LogP contribution in [0.2, 0.25) is 0 Å². The Kier molecular flexibility index (Phi) is 4.42. The summed E-state index contributed by atoms with van der Waals surface area (Å²) in [5.41, 5.74) is 3.58. The number of aromatic nitrogens is 2. The number of carbonyl (C=O) groups is 1. The lowest BCUT2D eigenvalue weighted by Gasteiger charge is -2.14. The topological polar surface area (TPSA) is 46.9 Å². The summed E-state index contributed by atoms with van der Waals surface area (Å²) in [4.78, 5) is 12.9. The minimum atomic E-state index is -0.672. The third-order valence-electron chi connectivity index (χ3n) is 6.08. The Morgan fingerprint density at radius 1 is 1.10 bits per heavy atom. The molecule has 6 heteroatoms. The van der Waals surface area contributed by atoms with Crippen LogP contribution in [-0.2, 0) is 6.42 Å². The van der Waals surface area contributed by atoms with Crippen LogP contribution < -0.4 is 5.32 Å². The van der Waals surface area contributed by atoms with Gasteiger partial charge in [0.25, 0.3) is 5.91 Å². The molecule has 2 bridgehead atoms. The van der Waals surface area contributed by atoms with E-state index >= 15 is 0 Å². The molecule has 2 aromatic carbocycles. The smallest absolute Gasteiger partial charge is 0.272 e. The molecular weight excluding hydrogens is 372 g/mol. The second-order valence-electron chi connectivity index (χ2n) is 7.85. The van der Waals surface area contributed by atoms with Crippen molar-refractivity contribution in [1.82, 2.24) is 15.1 Å². The van der Waals surface area contributed by atoms with Crippen molar-refractivity contribution in [3.8, 4) is 5.69 Å². The summed E-state index contributed by atoms with van der Waals surface area (Å²) < 4.78 is 29.3. The zero-order valence-electron chi connectivity index (χ0n) is 15.9. The molecule has 1 heterocycles. The normalized spacial score (nSPS) is 19.4. The molecule has 5 rings (SSSR count). The van der Waals surface area contributed by atoms with E-state index in [4.69, 9.17) is 0 Å². The molecule has 1 N–H and O–H groups in total. The Labute approximate surface area is 167 Å². The quantitative estimate of drug-likeness (QED) is 0.694. The fraction of sp³-hybridized carbons (Fsp3) is 0.304. The lowest BCUT2D eigenvalue weighted by Crippen LogP contribution is -2.27. The third-order valence-corrected chi connectivity index (χ3v) is 6.08. The summed E-state index contributed by atoms with van der Waals surface area (Å²) >= 11 is 0. The number of rotatable bonds is 5. The molecule has 2 aliphatic carbocycles. The highest BCUT2D eigenvalue weighted by Crippen LogP contribution is 2.54. The number of nitrogens with one attached hydrogen (secondary N) is 1. The monoisotopic (exact) mass is 393 g/mol. The molecule has 29 heavy (non-hydrogen) atoms. The SMILES string of the molecule is O=C(NCCc1ccccc1)c1nn(-c2ccc(F)cc2F)c2c1C1CC[C@@H]2C1. The summed E-state index contributed by atoms with van der Waals surface area (Å²) in [6.45, 7) is 0.503. The van der Waals surface area contributed by atoms with E-state index in [0.717, 1.165) is 48.6 Å². The maximum Gasteiger partial charge on any atom is 0.272 e. The van der Waals surface area contributed by atoms with Gasteiger partial charge >= 0.3 is 0 Å². The minimum absolute atomic E-state index is 0.193. The predicted molar refractivity (Wildman–Crippen MR) is 105 cm³/mol. The second kappa shape index (κ2) is 7.10. The fourth-order valence-corrected chi connectivity index (χ4v) is 4.78. The van der Waals surface area contributed by atoms with Gasteiger partial charge in [-0.25, -0.2) is 13.5 Å². The fourth-order valence-electron chi connectivity index (χ4n) is 4.78. The summed E-state index contributed by atoms with van der Waals surface area (Å²) in [5, 5.41) is 7.46. The molecule has 148 valence electrons. The van der Waals surface area contributed by atoms with E-state index in [2.05, 4.69) is 10.4 Å². The van der Waals surface area contributed by atoms with Gasteiger partial charge in [0.1, 0.15) is 11.5 Å². The molecule has 0 aliphatic heterocycles. The highest BCUT2D eigenvalue weighted by atomic mass is 19.1. The number of nitrogens with zero attached hydrogens (tertiary/aromatic N) is 2. The van der Waals surface area contributed by atoms with E-state index in [1.807, 2.05) is 30.3 Å². The number of amides is 1. The van der Waals surface area contributed by atoms with Crippen molar-refractivity contribution in [3.63, 3.8) is 0 Å². The summed E-state index contributed by atoms with van der Waals surface area (Å²) in [6, 6.07) is 13.4. The number of fused-ring (bicyclic) bond motifs is 5. The highest BCUT2D eigenvalue weighted by molar-refractivity contribution is 5.94. The molecule has 2 atom stereocenters. The van der Waals surface area contributed by atoms with Crippen molar-refractivity contribution in [2.75, 3.05) is 6.54 Å². The van der Waals surface area contributed by atoms with E-state index < -0.39 is 11.6 Å². The van der Waals surface area contributed by atoms with Crippen LogP contribution in [-0.4, -0.2) is 22.2 Å². The van der Waals surface area contributed by atoms with Gasteiger partial charge < -0.3 is 5.32 Å². The Balaban J connectivity index is 1.45. The second-order valence-corrected chi connectivity index (χ2v) is 7.85. The highest BCUT2D eigenvalue weighted by Gasteiger charge is 2.44. The van der Waals surface area contributed by atoms with Crippen molar-refractivity contribution in [1.29, 1.82) is 0 Å². The average Bonchev–Trinajstić information content (AvgIpc) is 3.42. The largest absolute Gasteiger partial charge is 0.350 e. The van der Waals surface area contributed by atoms with Gasteiger partial charge in [-0.1, -0.05) is 30.3 Å². The number of benzene rings is 2. The van der Waals surface area contributed by atoms with Crippen molar-refractivity contribution < 1.29 is 13.6 Å². The van der Waals surface area contributed by atoms with Crippen LogP contribution >= 0.6 is 0 Å². The summed E-state index contributed by atoms with van der Waals surface area (Å²) in [5.74, 6) is -0.962. The Morgan fingerprint density at radius 3 is 2.69 bits per heavy atom. The molecule has 3 aromatic rings.